The van der Waals surface area contributed by atoms with Gasteiger partial charge in [0, 0.05) is 80.0 Å². The monoisotopic (exact) mass is 682 g/mol. The maximum atomic E-state index is 13.8. The Hall–Kier alpha value is -3.63. The van der Waals surface area contributed by atoms with Gasteiger partial charge in [0.25, 0.3) is 0 Å². The number of carbonyl (C=O) groups is 1. The molecule has 0 radical (unpaired) electrons. The predicted molar refractivity (Wildman–Crippen MR) is 207 cm³/mol. The van der Waals surface area contributed by atoms with Gasteiger partial charge in [-0.2, -0.15) is 0 Å². The summed E-state index contributed by atoms with van der Waals surface area (Å²) < 4.78 is 8.42. The van der Waals surface area contributed by atoms with Gasteiger partial charge in [-0.05, 0) is 111 Å². The smallest absolute Gasteiger partial charge is 0.250 e. The normalized spacial score (nSPS) is 16.0. The Morgan fingerprint density at radius 3 is 2.55 bits per heavy atom. The molecule has 8 nitrogen and oxygen atoms in total. The van der Waals surface area contributed by atoms with E-state index in [4.69, 9.17) is 4.74 Å². The first-order chi connectivity index (χ1) is 23.6. The second-order valence-electron chi connectivity index (χ2n) is 14.1. The van der Waals surface area contributed by atoms with Gasteiger partial charge in [0.1, 0.15) is 5.84 Å². The van der Waals surface area contributed by atoms with Gasteiger partial charge >= 0.3 is 0 Å². The standard InChI is InChI=1S/C40H54N6O2S/c1-7-19-45(20-9-18-43-40(2,3)4)39(47)34-21-33-15-14-32(23-37(33)44-38(24-34)42-6)31-10-8-11-36(22-31)49-46-25-30(26-46)28-48-27-29-12-16-35(41-5)17-13-29/h8,10-17,21-23,30,41,43H,7,9,18-20,24-28H2,1-6H3,(H,42,44). The third kappa shape index (κ3) is 10.7. The molecule has 9 heteroatoms. The highest BCUT2D eigenvalue weighted by molar-refractivity contribution is 7.97. The molecule has 5 rings (SSSR count). The first-order valence-electron chi connectivity index (χ1n) is 17.6. The lowest BCUT2D eigenvalue weighted by Crippen LogP contribution is -2.44. The molecule has 1 saturated heterocycles. The molecule has 3 aromatic carbocycles. The molecule has 0 unspecified atom stereocenters. The molecule has 3 N–H and O–H groups in total. The van der Waals surface area contributed by atoms with Crippen molar-refractivity contribution in [1.29, 1.82) is 0 Å². The number of benzene rings is 3. The van der Waals surface area contributed by atoms with Crippen molar-refractivity contribution in [3.05, 3.63) is 83.4 Å². The molecule has 0 bridgehead atoms. The highest BCUT2D eigenvalue weighted by Crippen LogP contribution is 2.35. The summed E-state index contributed by atoms with van der Waals surface area (Å²) in [6, 6.07) is 23.6. The van der Waals surface area contributed by atoms with E-state index in [9.17, 15) is 4.79 Å². The number of nitrogens with zero attached hydrogens (tertiary/aromatic N) is 3. The second-order valence-corrected chi connectivity index (χ2v) is 15.2. The number of amides is 1. The number of hydrogen-bond acceptors (Lipinski definition) is 7. The van der Waals surface area contributed by atoms with E-state index < -0.39 is 0 Å². The molecule has 0 spiro atoms. The number of aliphatic imine (C=N–C) groups is 1. The number of nitrogens with one attached hydrogen (secondary N) is 3. The van der Waals surface area contributed by atoms with Crippen molar-refractivity contribution in [2.24, 2.45) is 10.9 Å². The summed E-state index contributed by atoms with van der Waals surface area (Å²) in [5, 5.41) is 10.2. The molecule has 2 heterocycles. The van der Waals surface area contributed by atoms with Crippen LogP contribution in [0.25, 0.3) is 17.2 Å². The zero-order valence-corrected chi connectivity index (χ0v) is 31.0. The third-order valence-electron chi connectivity index (χ3n) is 8.80. The van der Waals surface area contributed by atoms with Crippen LogP contribution >= 0.6 is 11.9 Å². The van der Waals surface area contributed by atoms with Crippen molar-refractivity contribution in [3.8, 4) is 11.1 Å². The van der Waals surface area contributed by atoms with Crippen molar-refractivity contribution < 1.29 is 9.53 Å². The minimum atomic E-state index is 0.0685. The molecule has 0 aromatic heterocycles. The molecule has 1 amide bonds. The van der Waals surface area contributed by atoms with E-state index in [2.05, 4.69) is 126 Å². The predicted octanol–water partition coefficient (Wildman–Crippen LogP) is 7.80. The number of hydrogen-bond donors (Lipinski definition) is 3. The number of amidine groups is 1. The van der Waals surface area contributed by atoms with E-state index in [0.717, 1.165) is 91.6 Å². The van der Waals surface area contributed by atoms with Crippen LogP contribution in [0.5, 0.6) is 0 Å². The van der Waals surface area contributed by atoms with E-state index in [1.54, 1.807) is 7.05 Å². The van der Waals surface area contributed by atoms with Gasteiger partial charge in [-0.15, -0.1) is 0 Å². The topological polar surface area (TPSA) is 81.2 Å². The Balaban J connectivity index is 1.19. The van der Waals surface area contributed by atoms with Gasteiger partial charge in [0.15, 0.2) is 0 Å². The first kappa shape index (κ1) is 36.6. The molecular weight excluding hydrogens is 629 g/mol. The highest BCUT2D eigenvalue weighted by atomic mass is 32.2. The number of ether oxygens (including phenoxy) is 1. The fourth-order valence-electron chi connectivity index (χ4n) is 6.08. The summed E-state index contributed by atoms with van der Waals surface area (Å²) in [6.07, 6.45) is 4.38. The van der Waals surface area contributed by atoms with Crippen LogP contribution < -0.4 is 16.0 Å². The largest absolute Gasteiger partial charge is 0.388 e. The fourth-order valence-corrected chi connectivity index (χ4v) is 7.27. The van der Waals surface area contributed by atoms with Crippen LogP contribution in [0.15, 0.2) is 82.2 Å². The molecule has 2 aliphatic heterocycles. The molecule has 0 saturated carbocycles. The molecule has 0 atom stereocenters. The van der Waals surface area contributed by atoms with Crippen LogP contribution in [0.2, 0.25) is 0 Å². The summed E-state index contributed by atoms with van der Waals surface area (Å²) in [6.45, 7) is 14.5. The summed E-state index contributed by atoms with van der Waals surface area (Å²) in [5.41, 5.74) is 7.43. The molecule has 262 valence electrons. The fraction of sp³-hybridized carbons (Fsp3) is 0.450. The van der Waals surface area contributed by atoms with Gasteiger partial charge in [0.05, 0.1) is 13.2 Å². The van der Waals surface area contributed by atoms with Crippen LogP contribution in [0.1, 0.15) is 58.1 Å². The van der Waals surface area contributed by atoms with Crippen molar-refractivity contribution in [3.63, 3.8) is 0 Å². The number of carbonyl (C=O) groups excluding carboxylic acids is 1. The van der Waals surface area contributed by atoms with E-state index in [1.165, 1.54) is 10.5 Å². The lowest BCUT2D eigenvalue weighted by Gasteiger charge is -2.37. The summed E-state index contributed by atoms with van der Waals surface area (Å²) in [5.74, 6) is 1.46. The minimum Gasteiger partial charge on any atom is -0.388 e. The van der Waals surface area contributed by atoms with Crippen LogP contribution in [0, 0.1) is 5.92 Å². The zero-order valence-electron chi connectivity index (χ0n) is 30.1. The van der Waals surface area contributed by atoms with Crippen LogP contribution in [-0.4, -0.2) is 79.9 Å². The Bertz CT molecular complexity index is 1610. The lowest BCUT2D eigenvalue weighted by atomic mass is 10.0. The number of rotatable bonds is 15. The Morgan fingerprint density at radius 1 is 1.06 bits per heavy atom. The minimum absolute atomic E-state index is 0.0685. The van der Waals surface area contributed by atoms with Gasteiger partial charge in [-0.3, -0.25) is 9.79 Å². The van der Waals surface area contributed by atoms with Gasteiger partial charge in [0.2, 0.25) is 5.91 Å². The lowest BCUT2D eigenvalue weighted by molar-refractivity contribution is -0.127. The SMILES string of the molecule is CCCN(CCCNC(C)(C)C)C(=O)C1=Cc2ccc(-c3cccc(SN4CC(COCc5ccc(NC)cc5)C4)c3)cc2NC(=NC)C1. The zero-order chi connectivity index (χ0) is 34.8. The Morgan fingerprint density at radius 2 is 1.84 bits per heavy atom. The summed E-state index contributed by atoms with van der Waals surface area (Å²) in [7, 11) is 3.72. The average Bonchev–Trinajstić information content (AvgIpc) is 3.27. The van der Waals surface area contributed by atoms with Crippen LogP contribution in [0.4, 0.5) is 11.4 Å². The molecule has 3 aromatic rings. The van der Waals surface area contributed by atoms with E-state index in [0.29, 0.717) is 18.9 Å². The second kappa shape index (κ2) is 17.3. The summed E-state index contributed by atoms with van der Waals surface area (Å²) in [4.78, 5) is 21.6. The van der Waals surface area contributed by atoms with Crippen molar-refractivity contribution in [2.75, 3.05) is 64.1 Å². The molecule has 0 aliphatic carbocycles. The van der Waals surface area contributed by atoms with Crippen molar-refractivity contribution in [2.45, 2.75) is 64.0 Å². The van der Waals surface area contributed by atoms with E-state index in [-0.39, 0.29) is 11.4 Å². The molecule has 1 fully saturated rings. The highest BCUT2D eigenvalue weighted by Gasteiger charge is 2.28. The maximum absolute atomic E-state index is 13.8. The number of anilines is 2. The van der Waals surface area contributed by atoms with Gasteiger partial charge < -0.3 is 25.6 Å². The Labute approximate surface area is 297 Å². The molecule has 2 aliphatic rings. The van der Waals surface area contributed by atoms with Crippen molar-refractivity contribution in [1.82, 2.24) is 14.5 Å². The third-order valence-corrected chi connectivity index (χ3v) is 9.82. The quantitative estimate of drug-likeness (QED) is 0.112. The molecular formula is C40H54N6O2S. The van der Waals surface area contributed by atoms with E-state index in [1.807, 2.05) is 23.9 Å². The first-order valence-corrected chi connectivity index (χ1v) is 18.4. The Kier molecular flexibility index (Phi) is 13.0. The van der Waals surface area contributed by atoms with Crippen LogP contribution in [0.3, 0.4) is 0 Å². The van der Waals surface area contributed by atoms with E-state index >= 15 is 0 Å². The number of fused-ring (bicyclic) bond motifs is 1. The van der Waals surface area contributed by atoms with Gasteiger partial charge in [-0.25, -0.2) is 4.31 Å². The van der Waals surface area contributed by atoms with Crippen LogP contribution in [-0.2, 0) is 16.1 Å². The van der Waals surface area contributed by atoms with Gasteiger partial charge in [-0.1, -0.05) is 43.3 Å². The van der Waals surface area contributed by atoms with Crippen molar-refractivity contribution >= 4 is 41.1 Å². The maximum Gasteiger partial charge on any atom is 0.250 e. The summed E-state index contributed by atoms with van der Waals surface area (Å²) >= 11 is 1.81. The average molecular weight is 683 g/mol. The molecule has 49 heavy (non-hydrogen) atoms.